The van der Waals surface area contributed by atoms with Gasteiger partial charge in [0.25, 0.3) is 0 Å². The summed E-state index contributed by atoms with van der Waals surface area (Å²) in [7, 11) is 0. The van der Waals surface area contributed by atoms with E-state index in [1.807, 2.05) is 0 Å². The Morgan fingerprint density at radius 2 is 2.30 bits per heavy atom. The molecule has 3 heterocycles. The minimum absolute atomic E-state index is 0.0239. The first kappa shape index (κ1) is 16.1. The highest BCUT2D eigenvalue weighted by Gasteiger charge is 2.37. The van der Waals surface area contributed by atoms with Crippen LogP contribution in [0.15, 0.2) is 18.6 Å². The van der Waals surface area contributed by atoms with E-state index in [0.717, 1.165) is 19.4 Å². The van der Waals surface area contributed by atoms with Crippen molar-refractivity contribution in [1.29, 1.82) is 0 Å². The van der Waals surface area contributed by atoms with Gasteiger partial charge >= 0.3 is 6.09 Å². The molecule has 1 aliphatic rings. The number of hydrogen-bond donors (Lipinski definition) is 2. The van der Waals surface area contributed by atoms with Crippen molar-refractivity contribution in [2.24, 2.45) is 0 Å². The second kappa shape index (κ2) is 6.38. The van der Waals surface area contributed by atoms with E-state index in [9.17, 15) is 9.18 Å². The number of carboxylic acid groups (broad SMARTS) is 1. The normalized spacial score (nSPS) is 21.4. The lowest BCUT2D eigenvalue weighted by atomic mass is 9.95. The SMILES string of the molecule is O=C(O)N1CCC[C@](F)(CNc2ncc3cncc(I)c3n2)C1. The molecular formula is C14H15FIN5O2. The molecule has 9 heteroatoms. The van der Waals surface area contributed by atoms with Crippen LogP contribution >= 0.6 is 22.6 Å². The van der Waals surface area contributed by atoms with E-state index < -0.39 is 11.8 Å². The number of rotatable bonds is 3. The molecule has 2 aromatic rings. The molecule has 2 N–H and O–H groups in total. The first-order valence-electron chi connectivity index (χ1n) is 7.14. The van der Waals surface area contributed by atoms with Gasteiger partial charge in [-0.1, -0.05) is 0 Å². The van der Waals surface area contributed by atoms with Crippen molar-refractivity contribution < 1.29 is 14.3 Å². The summed E-state index contributed by atoms with van der Waals surface area (Å²) < 4.78 is 15.7. The number of halogens is 2. The van der Waals surface area contributed by atoms with Gasteiger partial charge in [-0.15, -0.1) is 0 Å². The van der Waals surface area contributed by atoms with Crippen molar-refractivity contribution in [3.05, 3.63) is 22.2 Å². The molecule has 3 rings (SSSR count). The molecule has 1 fully saturated rings. The molecule has 0 spiro atoms. The maximum absolute atomic E-state index is 14.8. The van der Waals surface area contributed by atoms with E-state index in [1.54, 1.807) is 18.6 Å². The average Bonchev–Trinajstić information content (AvgIpc) is 2.53. The fourth-order valence-electron chi connectivity index (χ4n) is 2.64. The Bertz CT molecular complexity index is 746. The summed E-state index contributed by atoms with van der Waals surface area (Å²) in [6, 6.07) is 0. The molecule has 7 nitrogen and oxygen atoms in total. The van der Waals surface area contributed by atoms with Crippen molar-refractivity contribution in [2.45, 2.75) is 18.5 Å². The monoisotopic (exact) mass is 431 g/mol. The fourth-order valence-corrected chi connectivity index (χ4v) is 3.23. The van der Waals surface area contributed by atoms with E-state index in [1.165, 1.54) is 0 Å². The molecule has 0 saturated carbocycles. The molecule has 1 aliphatic heterocycles. The molecule has 1 saturated heterocycles. The van der Waals surface area contributed by atoms with Crippen LogP contribution in [0, 0.1) is 3.57 Å². The van der Waals surface area contributed by atoms with Gasteiger partial charge in [-0.05, 0) is 35.4 Å². The Balaban J connectivity index is 1.72. The molecule has 0 aliphatic carbocycles. The zero-order valence-corrected chi connectivity index (χ0v) is 14.3. The number of piperidine rings is 1. The lowest BCUT2D eigenvalue weighted by Gasteiger charge is -2.35. The van der Waals surface area contributed by atoms with Crippen molar-refractivity contribution in [1.82, 2.24) is 19.9 Å². The number of hydrogen-bond acceptors (Lipinski definition) is 5. The first-order valence-corrected chi connectivity index (χ1v) is 8.22. The van der Waals surface area contributed by atoms with E-state index >= 15 is 0 Å². The number of amides is 1. The Morgan fingerprint density at radius 3 is 3.09 bits per heavy atom. The zero-order valence-electron chi connectivity index (χ0n) is 12.2. The minimum Gasteiger partial charge on any atom is -0.465 e. The Hall–Kier alpha value is -1.78. The smallest absolute Gasteiger partial charge is 0.407 e. The van der Waals surface area contributed by atoms with E-state index in [-0.39, 0.29) is 13.1 Å². The van der Waals surface area contributed by atoms with Crippen LogP contribution in [-0.2, 0) is 0 Å². The Labute approximate surface area is 145 Å². The summed E-state index contributed by atoms with van der Waals surface area (Å²) in [5.41, 5.74) is -0.859. The summed E-state index contributed by atoms with van der Waals surface area (Å²) in [5.74, 6) is 0.325. The predicted octanol–water partition coefficient (Wildman–Crippen LogP) is 2.52. The zero-order chi connectivity index (χ0) is 16.4. The molecule has 0 aromatic carbocycles. The minimum atomic E-state index is -1.61. The predicted molar refractivity (Wildman–Crippen MR) is 91.2 cm³/mol. The number of fused-ring (bicyclic) bond motifs is 1. The lowest BCUT2D eigenvalue weighted by molar-refractivity contribution is 0.0537. The summed E-state index contributed by atoms with van der Waals surface area (Å²) in [6.07, 6.45) is 4.74. The van der Waals surface area contributed by atoms with Crippen molar-refractivity contribution in [2.75, 3.05) is 25.0 Å². The molecule has 1 atom stereocenters. The number of pyridine rings is 1. The summed E-state index contributed by atoms with van der Waals surface area (Å²) >= 11 is 2.13. The van der Waals surface area contributed by atoms with Crippen molar-refractivity contribution in [3.63, 3.8) is 0 Å². The molecule has 0 bridgehead atoms. The highest BCUT2D eigenvalue weighted by Crippen LogP contribution is 2.26. The highest BCUT2D eigenvalue weighted by atomic mass is 127. The average molecular weight is 431 g/mol. The van der Waals surface area contributed by atoms with Gasteiger partial charge < -0.3 is 15.3 Å². The molecule has 122 valence electrons. The van der Waals surface area contributed by atoms with Crippen LogP contribution < -0.4 is 5.32 Å². The number of alkyl halides is 1. The summed E-state index contributed by atoms with van der Waals surface area (Å²) in [4.78, 5) is 24.7. The topological polar surface area (TPSA) is 91.2 Å². The largest absolute Gasteiger partial charge is 0.465 e. The quantitative estimate of drug-likeness (QED) is 0.727. The second-order valence-corrected chi connectivity index (χ2v) is 6.73. The molecule has 23 heavy (non-hydrogen) atoms. The summed E-state index contributed by atoms with van der Waals surface area (Å²) in [6.45, 7) is 0.215. The van der Waals surface area contributed by atoms with Crippen molar-refractivity contribution >= 4 is 45.5 Å². The maximum Gasteiger partial charge on any atom is 0.407 e. The first-order chi connectivity index (χ1) is 11.0. The third-order valence-corrected chi connectivity index (χ3v) is 4.60. The Morgan fingerprint density at radius 1 is 1.48 bits per heavy atom. The number of aromatic nitrogens is 3. The number of nitrogens with one attached hydrogen (secondary N) is 1. The molecular weight excluding hydrogens is 416 g/mol. The third-order valence-electron chi connectivity index (χ3n) is 3.81. The number of likely N-dealkylation sites (tertiary alicyclic amines) is 1. The number of anilines is 1. The molecule has 2 aromatic heterocycles. The lowest BCUT2D eigenvalue weighted by Crippen LogP contribution is -2.50. The van der Waals surface area contributed by atoms with Crippen LogP contribution in [0.4, 0.5) is 15.1 Å². The molecule has 0 unspecified atom stereocenters. The van der Waals surface area contributed by atoms with Gasteiger partial charge in [-0.2, -0.15) is 0 Å². The van der Waals surface area contributed by atoms with Crippen LogP contribution in [0.25, 0.3) is 10.9 Å². The van der Waals surface area contributed by atoms with Gasteiger partial charge in [0.2, 0.25) is 5.95 Å². The van der Waals surface area contributed by atoms with Gasteiger partial charge in [0, 0.05) is 30.5 Å². The number of nitrogens with zero attached hydrogens (tertiary/aromatic N) is 4. The van der Waals surface area contributed by atoms with Gasteiger partial charge in [0.1, 0.15) is 5.67 Å². The van der Waals surface area contributed by atoms with E-state index in [2.05, 4.69) is 42.9 Å². The van der Waals surface area contributed by atoms with Crippen molar-refractivity contribution in [3.8, 4) is 0 Å². The van der Waals surface area contributed by atoms with Crippen LogP contribution in [0.3, 0.4) is 0 Å². The van der Waals surface area contributed by atoms with Crippen LogP contribution in [0.1, 0.15) is 12.8 Å². The second-order valence-electron chi connectivity index (χ2n) is 5.56. The molecule has 1 amide bonds. The van der Waals surface area contributed by atoms with Crippen LogP contribution in [0.2, 0.25) is 0 Å². The van der Waals surface area contributed by atoms with Gasteiger partial charge in [0.15, 0.2) is 0 Å². The van der Waals surface area contributed by atoms with Gasteiger partial charge in [-0.25, -0.2) is 19.2 Å². The summed E-state index contributed by atoms with van der Waals surface area (Å²) in [5, 5.41) is 12.7. The van der Waals surface area contributed by atoms with Gasteiger partial charge in [0.05, 0.1) is 22.2 Å². The Kier molecular flexibility index (Phi) is 4.46. The molecule has 0 radical (unpaired) electrons. The van der Waals surface area contributed by atoms with E-state index in [4.69, 9.17) is 5.11 Å². The maximum atomic E-state index is 14.8. The van der Waals surface area contributed by atoms with Crippen LogP contribution in [0.5, 0.6) is 0 Å². The number of carbonyl (C=O) groups is 1. The standard InChI is InChI=1S/C14H15FIN5O2/c15-14(2-1-3-21(8-14)13(22)23)7-19-12-18-5-9-4-17-6-10(16)11(9)20-12/h4-6H,1-3,7-8H2,(H,22,23)(H,18,19,20)/t14-/m0/s1. The highest BCUT2D eigenvalue weighted by molar-refractivity contribution is 14.1. The van der Waals surface area contributed by atoms with E-state index in [0.29, 0.717) is 25.3 Å². The third kappa shape index (κ3) is 3.59. The fraction of sp³-hybridized carbons (Fsp3) is 0.429. The van der Waals surface area contributed by atoms with Crippen LogP contribution in [-0.4, -0.2) is 56.4 Å². The van der Waals surface area contributed by atoms with Gasteiger partial charge in [-0.3, -0.25) is 4.98 Å².